The number of nitrogens with one attached hydrogen (secondary N) is 1. The van der Waals surface area contributed by atoms with Crippen molar-refractivity contribution in [2.75, 3.05) is 20.0 Å². The lowest BCUT2D eigenvalue weighted by atomic mass is 10.2. The Morgan fingerprint density at radius 2 is 1.94 bits per heavy atom. The third kappa shape index (κ3) is 5.06. The zero-order valence-corrected chi connectivity index (χ0v) is 18.4. The molecule has 2 aromatic heterocycles. The second-order valence-corrected chi connectivity index (χ2v) is 6.57. The minimum atomic E-state index is -0.591. The molecule has 0 bridgehead atoms. The summed E-state index contributed by atoms with van der Waals surface area (Å²) < 4.78 is 21.6. The van der Waals surface area contributed by atoms with Gasteiger partial charge in [0.05, 0.1) is 26.1 Å². The summed E-state index contributed by atoms with van der Waals surface area (Å²) in [6.07, 6.45) is 2.54. The van der Waals surface area contributed by atoms with Crippen LogP contribution in [0.15, 0.2) is 21.9 Å². The van der Waals surface area contributed by atoms with E-state index in [1.165, 1.54) is 32.0 Å². The number of aromatic nitrogens is 5. The van der Waals surface area contributed by atoms with Gasteiger partial charge in [0, 0.05) is 12.5 Å². The van der Waals surface area contributed by atoms with Gasteiger partial charge >= 0.3 is 5.97 Å². The van der Waals surface area contributed by atoms with Gasteiger partial charge in [0.1, 0.15) is 0 Å². The summed E-state index contributed by atoms with van der Waals surface area (Å²) in [4.78, 5) is 24.0. The molecule has 0 radical (unpaired) electrons. The van der Waals surface area contributed by atoms with Crippen LogP contribution in [0.2, 0.25) is 0 Å². The lowest BCUT2D eigenvalue weighted by Gasteiger charge is -2.13. The monoisotopic (exact) mass is 458 g/mol. The summed E-state index contributed by atoms with van der Waals surface area (Å²) in [5.74, 6) is -0.321. The lowest BCUT2D eigenvalue weighted by molar-refractivity contribution is -0.132. The van der Waals surface area contributed by atoms with E-state index in [1.54, 1.807) is 12.1 Å². The Labute approximate surface area is 187 Å². The Morgan fingerprint density at radius 3 is 2.48 bits per heavy atom. The number of ether oxygens (including phenoxy) is 3. The van der Waals surface area contributed by atoms with Crippen LogP contribution in [-0.4, -0.2) is 57.6 Å². The molecule has 3 N–H and O–H groups in total. The lowest BCUT2D eigenvalue weighted by Crippen LogP contribution is -2.20. The van der Waals surface area contributed by atoms with Crippen LogP contribution < -0.4 is 25.4 Å². The molecule has 14 heteroatoms. The Morgan fingerprint density at radius 1 is 1.24 bits per heavy atom. The van der Waals surface area contributed by atoms with Crippen molar-refractivity contribution in [1.82, 2.24) is 30.7 Å². The Kier molecular flexibility index (Phi) is 7.17. The van der Waals surface area contributed by atoms with E-state index in [0.717, 1.165) is 0 Å². The van der Waals surface area contributed by atoms with Crippen molar-refractivity contribution < 1.29 is 28.4 Å². The molecule has 33 heavy (non-hydrogen) atoms. The van der Waals surface area contributed by atoms with Crippen LogP contribution in [-0.2, 0) is 11.2 Å². The van der Waals surface area contributed by atoms with Gasteiger partial charge in [-0.15, -0.1) is 5.10 Å². The van der Waals surface area contributed by atoms with E-state index in [1.807, 2.05) is 6.92 Å². The Hall–Kier alpha value is -4.49. The Bertz CT molecular complexity index is 1160. The molecule has 1 aromatic carbocycles. The van der Waals surface area contributed by atoms with Crippen LogP contribution in [0.4, 0.5) is 5.82 Å². The molecule has 3 rings (SSSR count). The maximum absolute atomic E-state index is 12.7. The average molecular weight is 458 g/mol. The SMILES string of the molecule is CCCc1c(C(=O)N/N=C/c2cc(OC)c(OC(C)=O)c(OC)c2)nnn1-c1nonc1N. The van der Waals surface area contributed by atoms with E-state index in [4.69, 9.17) is 19.9 Å². The molecule has 0 aliphatic heterocycles. The minimum Gasteiger partial charge on any atom is -0.493 e. The number of hydrogen-bond donors (Lipinski definition) is 2. The van der Waals surface area contributed by atoms with Gasteiger partial charge in [-0.05, 0) is 28.9 Å². The molecule has 174 valence electrons. The fraction of sp³-hybridized carbons (Fsp3) is 0.316. The zero-order chi connectivity index (χ0) is 24.0. The highest BCUT2D eigenvalue weighted by Crippen LogP contribution is 2.38. The van der Waals surface area contributed by atoms with E-state index in [-0.39, 0.29) is 34.6 Å². The third-order valence-electron chi connectivity index (χ3n) is 4.27. The maximum atomic E-state index is 12.7. The molecule has 0 unspecified atom stereocenters. The highest BCUT2D eigenvalue weighted by Gasteiger charge is 2.23. The summed E-state index contributed by atoms with van der Waals surface area (Å²) in [5.41, 5.74) is 9.16. The largest absolute Gasteiger partial charge is 0.493 e. The number of nitrogens with zero attached hydrogens (tertiary/aromatic N) is 6. The van der Waals surface area contributed by atoms with E-state index in [0.29, 0.717) is 24.1 Å². The molecule has 0 aliphatic rings. The predicted molar refractivity (Wildman–Crippen MR) is 114 cm³/mol. The first-order valence-electron chi connectivity index (χ1n) is 9.70. The highest BCUT2D eigenvalue weighted by atomic mass is 16.6. The number of carbonyl (C=O) groups is 2. The fourth-order valence-corrected chi connectivity index (χ4v) is 2.88. The van der Waals surface area contributed by atoms with Gasteiger partial charge in [-0.3, -0.25) is 9.59 Å². The highest BCUT2D eigenvalue weighted by molar-refractivity contribution is 5.94. The summed E-state index contributed by atoms with van der Waals surface area (Å²) in [5, 5.41) is 19.0. The molecule has 0 saturated heterocycles. The third-order valence-corrected chi connectivity index (χ3v) is 4.27. The summed E-state index contributed by atoms with van der Waals surface area (Å²) in [6, 6.07) is 3.13. The van der Waals surface area contributed by atoms with Crippen LogP contribution in [0.5, 0.6) is 17.2 Å². The first-order chi connectivity index (χ1) is 15.9. The first-order valence-corrected chi connectivity index (χ1v) is 9.70. The van der Waals surface area contributed by atoms with Gasteiger partial charge in [-0.25, -0.2) is 10.1 Å². The number of carbonyl (C=O) groups excluding carboxylic acids is 2. The quantitative estimate of drug-likeness (QED) is 0.201. The number of nitrogen functional groups attached to an aromatic ring is 1. The molecule has 0 saturated carbocycles. The second-order valence-electron chi connectivity index (χ2n) is 6.57. The minimum absolute atomic E-state index is 0.0160. The number of methoxy groups -OCH3 is 2. The van der Waals surface area contributed by atoms with E-state index < -0.39 is 11.9 Å². The standard InChI is InChI=1S/C19H22N8O6/c1-5-6-12-15(22-26-27(12)18-17(20)24-33-25-18)19(29)23-21-9-11-7-13(30-3)16(32-10(2)28)14(8-11)31-4/h7-9H,5-6H2,1-4H3,(H2,20,24)(H,23,29)/b21-9+. The van der Waals surface area contributed by atoms with E-state index in [9.17, 15) is 9.59 Å². The predicted octanol–water partition coefficient (Wildman–Crippen LogP) is 0.891. The zero-order valence-electron chi connectivity index (χ0n) is 18.4. The number of nitrogens with two attached hydrogens (primary N) is 1. The molecular formula is C19H22N8O6. The van der Waals surface area contributed by atoms with Crippen molar-refractivity contribution >= 4 is 23.9 Å². The molecule has 0 spiro atoms. The van der Waals surface area contributed by atoms with Crippen molar-refractivity contribution in [3.63, 3.8) is 0 Å². The second kappa shape index (κ2) is 10.2. The molecule has 2 heterocycles. The first kappa shape index (κ1) is 23.2. The normalized spacial score (nSPS) is 10.9. The van der Waals surface area contributed by atoms with Crippen molar-refractivity contribution in [2.24, 2.45) is 5.10 Å². The van der Waals surface area contributed by atoms with Gasteiger partial charge in [0.15, 0.2) is 17.2 Å². The molecule has 14 nitrogen and oxygen atoms in total. The van der Waals surface area contributed by atoms with E-state index >= 15 is 0 Å². The van der Waals surface area contributed by atoms with Crippen molar-refractivity contribution in [3.8, 4) is 23.1 Å². The molecule has 3 aromatic rings. The van der Waals surface area contributed by atoms with Gasteiger partial charge in [-0.1, -0.05) is 18.6 Å². The number of amides is 1. The molecule has 1 amide bonds. The fourth-order valence-electron chi connectivity index (χ4n) is 2.88. The molecule has 0 fully saturated rings. The van der Waals surface area contributed by atoms with Gasteiger partial charge in [-0.2, -0.15) is 9.78 Å². The van der Waals surface area contributed by atoms with Gasteiger partial charge < -0.3 is 19.9 Å². The van der Waals surface area contributed by atoms with Crippen LogP contribution in [0, 0.1) is 0 Å². The van der Waals surface area contributed by atoms with E-state index in [2.05, 4.69) is 35.8 Å². The number of hydrazone groups is 1. The summed E-state index contributed by atoms with van der Waals surface area (Å²) in [6.45, 7) is 3.20. The van der Waals surface area contributed by atoms with Crippen LogP contribution in [0.25, 0.3) is 5.82 Å². The molecule has 0 aliphatic carbocycles. The Balaban J connectivity index is 1.82. The van der Waals surface area contributed by atoms with Crippen LogP contribution in [0.1, 0.15) is 42.0 Å². The topological polar surface area (TPSA) is 182 Å². The number of rotatable bonds is 9. The number of esters is 1. The average Bonchev–Trinajstić information content (AvgIpc) is 3.39. The van der Waals surface area contributed by atoms with Crippen LogP contribution in [0.3, 0.4) is 0 Å². The smallest absolute Gasteiger partial charge is 0.308 e. The maximum Gasteiger partial charge on any atom is 0.308 e. The summed E-state index contributed by atoms with van der Waals surface area (Å²) >= 11 is 0. The van der Waals surface area contributed by atoms with Gasteiger partial charge in [0.2, 0.25) is 17.4 Å². The van der Waals surface area contributed by atoms with Crippen molar-refractivity contribution in [2.45, 2.75) is 26.7 Å². The van der Waals surface area contributed by atoms with Gasteiger partial charge in [0.25, 0.3) is 5.91 Å². The molecular weight excluding hydrogens is 436 g/mol. The van der Waals surface area contributed by atoms with Crippen molar-refractivity contribution in [1.29, 1.82) is 0 Å². The number of benzene rings is 1. The number of hydrogen-bond acceptors (Lipinski definition) is 12. The summed E-state index contributed by atoms with van der Waals surface area (Å²) in [7, 11) is 2.83. The number of anilines is 1. The molecule has 0 atom stereocenters. The van der Waals surface area contributed by atoms with Crippen molar-refractivity contribution in [3.05, 3.63) is 29.1 Å². The van der Waals surface area contributed by atoms with Crippen LogP contribution >= 0.6 is 0 Å².